The van der Waals surface area contributed by atoms with Crippen LogP contribution in [0.5, 0.6) is 0 Å². The standard InChI is InChI=1S/C14H19N3O2/c1-9-2-5-12(13(6-9)16-15)14(18)17-7-10-3-4-11(8-17)19-10/h2,5-6,10-11,16H,3-4,7-8,15H2,1H3. The number of fused-ring (bicyclic) bond motifs is 2. The third kappa shape index (κ3) is 2.31. The van der Waals surface area contributed by atoms with Crippen LogP contribution in [0, 0.1) is 6.92 Å². The number of benzene rings is 1. The third-order valence-corrected chi connectivity index (χ3v) is 3.89. The van der Waals surface area contributed by atoms with Gasteiger partial charge in [-0.15, -0.1) is 0 Å². The van der Waals surface area contributed by atoms with Crippen LogP contribution in [0.2, 0.25) is 0 Å². The first-order chi connectivity index (χ1) is 9.17. The highest BCUT2D eigenvalue weighted by Gasteiger charge is 2.36. The summed E-state index contributed by atoms with van der Waals surface area (Å²) in [5, 5.41) is 0. The van der Waals surface area contributed by atoms with Crippen molar-refractivity contribution in [2.45, 2.75) is 32.0 Å². The summed E-state index contributed by atoms with van der Waals surface area (Å²) in [7, 11) is 0. The highest BCUT2D eigenvalue weighted by molar-refractivity contribution is 5.99. The van der Waals surface area contributed by atoms with Crippen molar-refractivity contribution in [2.75, 3.05) is 18.5 Å². The van der Waals surface area contributed by atoms with Crippen molar-refractivity contribution < 1.29 is 9.53 Å². The molecule has 2 heterocycles. The predicted molar refractivity (Wildman–Crippen MR) is 72.8 cm³/mol. The third-order valence-electron chi connectivity index (χ3n) is 3.89. The minimum absolute atomic E-state index is 0.0353. The summed E-state index contributed by atoms with van der Waals surface area (Å²) in [5.74, 6) is 5.54. The van der Waals surface area contributed by atoms with Crippen molar-refractivity contribution in [1.29, 1.82) is 0 Å². The Morgan fingerprint density at radius 2 is 2.05 bits per heavy atom. The zero-order valence-corrected chi connectivity index (χ0v) is 11.1. The van der Waals surface area contributed by atoms with Gasteiger partial charge in [0.15, 0.2) is 0 Å². The number of hydrogen-bond acceptors (Lipinski definition) is 4. The van der Waals surface area contributed by atoms with E-state index in [4.69, 9.17) is 10.6 Å². The number of hydrazine groups is 1. The number of nitrogen functional groups attached to an aromatic ring is 1. The number of anilines is 1. The van der Waals surface area contributed by atoms with E-state index < -0.39 is 0 Å². The van der Waals surface area contributed by atoms with Gasteiger partial charge in [-0.1, -0.05) is 6.07 Å². The Labute approximate surface area is 112 Å². The van der Waals surface area contributed by atoms with Gasteiger partial charge in [0, 0.05) is 13.1 Å². The number of amides is 1. The monoisotopic (exact) mass is 261 g/mol. The van der Waals surface area contributed by atoms with E-state index in [0.29, 0.717) is 24.3 Å². The largest absolute Gasteiger partial charge is 0.371 e. The lowest BCUT2D eigenvalue weighted by Gasteiger charge is -2.32. The average molecular weight is 261 g/mol. The van der Waals surface area contributed by atoms with E-state index in [1.807, 2.05) is 30.0 Å². The van der Waals surface area contributed by atoms with Gasteiger partial charge in [0.05, 0.1) is 23.5 Å². The minimum Gasteiger partial charge on any atom is -0.371 e. The second-order valence-electron chi connectivity index (χ2n) is 5.36. The lowest BCUT2D eigenvalue weighted by molar-refractivity contribution is -0.0303. The first-order valence-electron chi connectivity index (χ1n) is 6.69. The summed E-state index contributed by atoms with van der Waals surface area (Å²) >= 11 is 0. The van der Waals surface area contributed by atoms with Gasteiger partial charge in [-0.3, -0.25) is 10.6 Å². The molecule has 0 aliphatic carbocycles. The number of rotatable bonds is 2. The molecule has 2 atom stereocenters. The quantitative estimate of drug-likeness (QED) is 0.621. The highest BCUT2D eigenvalue weighted by Crippen LogP contribution is 2.28. The summed E-state index contributed by atoms with van der Waals surface area (Å²) in [4.78, 5) is 14.5. The van der Waals surface area contributed by atoms with Gasteiger partial charge < -0.3 is 15.1 Å². The fourth-order valence-electron chi connectivity index (χ4n) is 2.91. The molecule has 2 aliphatic heterocycles. The van der Waals surface area contributed by atoms with Gasteiger partial charge in [-0.05, 0) is 37.5 Å². The zero-order valence-electron chi connectivity index (χ0n) is 11.1. The van der Waals surface area contributed by atoms with Crippen molar-refractivity contribution in [1.82, 2.24) is 4.90 Å². The molecule has 3 rings (SSSR count). The number of morpholine rings is 1. The number of ether oxygens (including phenoxy) is 1. The molecule has 2 bridgehead atoms. The van der Waals surface area contributed by atoms with Gasteiger partial charge in [0.1, 0.15) is 0 Å². The van der Waals surface area contributed by atoms with E-state index in [-0.39, 0.29) is 18.1 Å². The van der Waals surface area contributed by atoms with Gasteiger partial charge in [0.25, 0.3) is 5.91 Å². The number of nitrogens with one attached hydrogen (secondary N) is 1. The maximum atomic E-state index is 12.6. The first-order valence-corrected chi connectivity index (χ1v) is 6.69. The molecule has 2 fully saturated rings. The second-order valence-corrected chi connectivity index (χ2v) is 5.36. The van der Waals surface area contributed by atoms with Crippen molar-refractivity contribution >= 4 is 11.6 Å². The summed E-state index contributed by atoms with van der Waals surface area (Å²) in [6.07, 6.45) is 2.54. The van der Waals surface area contributed by atoms with E-state index in [9.17, 15) is 4.79 Å². The average Bonchev–Trinajstić information content (AvgIpc) is 2.76. The Morgan fingerprint density at radius 1 is 1.37 bits per heavy atom. The molecule has 5 heteroatoms. The lowest BCUT2D eigenvalue weighted by atomic mass is 10.1. The molecule has 5 nitrogen and oxygen atoms in total. The highest BCUT2D eigenvalue weighted by atomic mass is 16.5. The van der Waals surface area contributed by atoms with Crippen LogP contribution < -0.4 is 11.3 Å². The van der Waals surface area contributed by atoms with E-state index in [2.05, 4.69) is 5.43 Å². The molecule has 0 spiro atoms. The number of aryl methyl sites for hydroxylation is 1. The maximum absolute atomic E-state index is 12.6. The second kappa shape index (κ2) is 4.83. The number of likely N-dealkylation sites (tertiary alicyclic amines) is 1. The van der Waals surface area contributed by atoms with Crippen molar-refractivity contribution in [3.63, 3.8) is 0 Å². The van der Waals surface area contributed by atoms with Crippen LogP contribution in [-0.4, -0.2) is 36.1 Å². The van der Waals surface area contributed by atoms with E-state index >= 15 is 0 Å². The summed E-state index contributed by atoms with van der Waals surface area (Å²) in [6.45, 7) is 3.35. The van der Waals surface area contributed by atoms with E-state index in [0.717, 1.165) is 18.4 Å². The summed E-state index contributed by atoms with van der Waals surface area (Å²) in [5.41, 5.74) is 5.01. The smallest absolute Gasteiger partial charge is 0.256 e. The Morgan fingerprint density at radius 3 is 2.68 bits per heavy atom. The zero-order chi connectivity index (χ0) is 13.4. The molecule has 2 aliphatic rings. The minimum atomic E-state index is 0.0353. The van der Waals surface area contributed by atoms with Crippen LogP contribution in [0.1, 0.15) is 28.8 Å². The van der Waals surface area contributed by atoms with Crippen molar-refractivity contribution in [3.8, 4) is 0 Å². The van der Waals surface area contributed by atoms with Gasteiger partial charge in [-0.2, -0.15) is 0 Å². The predicted octanol–water partition coefficient (Wildman–Crippen LogP) is 1.28. The lowest BCUT2D eigenvalue weighted by Crippen LogP contribution is -2.46. The Kier molecular flexibility index (Phi) is 3.16. The number of nitrogens with zero attached hydrogens (tertiary/aromatic N) is 1. The molecule has 19 heavy (non-hydrogen) atoms. The van der Waals surface area contributed by atoms with E-state index in [1.165, 1.54) is 0 Å². The molecule has 3 N–H and O–H groups in total. The van der Waals surface area contributed by atoms with Crippen molar-refractivity contribution in [3.05, 3.63) is 29.3 Å². The SMILES string of the molecule is Cc1ccc(C(=O)N2CC3CCC(C2)O3)c(NN)c1. The van der Waals surface area contributed by atoms with E-state index in [1.54, 1.807) is 0 Å². The fraction of sp³-hybridized carbons (Fsp3) is 0.500. The molecule has 2 saturated heterocycles. The molecule has 0 aromatic heterocycles. The van der Waals surface area contributed by atoms with Crippen LogP contribution >= 0.6 is 0 Å². The van der Waals surface area contributed by atoms with Crippen LogP contribution in [0.4, 0.5) is 5.69 Å². The van der Waals surface area contributed by atoms with Gasteiger partial charge >= 0.3 is 0 Å². The molecular formula is C14H19N3O2. The van der Waals surface area contributed by atoms with Gasteiger partial charge in [-0.25, -0.2) is 0 Å². The first kappa shape index (κ1) is 12.4. The molecule has 1 amide bonds. The number of nitrogens with two attached hydrogens (primary N) is 1. The molecule has 0 saturated carbocycles. The maximum Gasteiger partial charge on any atom is 0.256 e. The van der Waals surface area contributed by atoms with Crippen LogP contribution in [-0.2, 0) is 4.74 Å². The molecule has 2 unspecified atom stereocenters. The number of carbonyl (C=O) groups excluding carboxylic acids is 1. The molecule has 1 aromatic carbocycles. The normalized spacial score (nSPS) is 25.5. The van der Waals surface area contributed by atoms with Crippen LogP contribution in [0.3, 0.4) is 0 Å². The number of carbonyl (C=O) groups is 1. The van der Waals surface area contributed by atoms with Crippen LogP contribution in [0.25, 0.3) is 0 Å². The molecule has 0 radical (unpaired) electrons. The molecule has 1 aromatic rings. The Bertz CT molecular complexity index is 491. The van der Waals surface area contributed by atoms with Crippen molar-refractivity contribution in [2.24, 2.45) is 5.84 Å². The number of hydrogen-bond donors (Lipinski definition) is 2. The topological polar surface area (TPSA) is 67.6 Å². The summed E-state index contributed by atoms with van der Waals surface area (Å²) in [6, 6.07) is 5.66. The fourth-order valence-corrected chi connectivity index (χ4v) is 2.91. The molecular weight excluding hydrogens is 242 g/mol. The Hall–Kier alpha value is -1.59. The van der Waals surface area contributed by atoms with Gasteiger partial charge in [0.2, 0.25) is 0 Å². The Balaban J connectivity index is 1.84. The molecule has 102 valence electrons. The van der Waals surface area contributed by atoms with Crippen LogP contribution in [0.15, 0.2) is 18.2 Å². The summed E-state index contributed by atoms with van der Waals surface area (Å²) < 4.78 is 5.75.